The predicted octanol–water partition coefficient (Wildman–Crippen LogP) is 8.30. The third kappa shape index (κ3) is 18.4. The number of pyridine rings is 1. The molecule has 2 amide bonds. The maximum atomic E-state index is 13.6. The van der Waals surface area contributed by atoms with Gasteiger partial charge >= 0.3 is 12.1 Å². The standard InChI is InChI=1S/C49H64N6O11/c1-35-19-20-51-45(32-35)55(48(59)66-49(3,4)5)22-9-12-46(57)53-36(2)43(56)33-39(34-47(58)60-6)37-13-15-38(16-14-37)40-17-18-44(42-11-8-7-10-41(40)42)65-31-30-64-29-28-63-27-26-62-25-24-61-23-21-52-54-50/h7-8,10-11,13-20,32,36,39H,9,12,21-31,33-34H2,1-6H3,(H,53,57)/t36-,39-/m0/s1. The van der Waals surface area contributed by atoms with Crippen molar-refractivity contribution in [3.8, 4) is 16.9 Å². The van der Waals surface area contributed by atoms with Gasteiger partial charge < -0.3 is 38.5 Å². The molecule has 3 aromatic carbocycles. The zero-order valence-electron chi connectivity index (χ0n) is 39.0. The van der Waals surface area contributed by atoms with E-state index in [-0.39, 0.29) is 37.5 Å². The van der Waals surface area contributed by atoms with Crippen molar-refractivity contribution in [2.45, 2.75) is 77.9 Å². The van der Waals surface area contributed by atoms with E-state index in [0.717, 1.165) is 38.8 Å². The number of amides is 2. The highest BCUT2D eigenvalue weighted by atomic mass is 16.6. The third-order valence-corrected chi connectivity index (χ3v) is 10.1. The van der Waals surface area contributed by atoms with E-state index in [4.69, 9.17) is 38.7 Å². The van der Waals surface area contributed by atoms with Crippen LogP contribution >= 0.6 is 0 Å². The van der Waals surface area contributed by atoms with Gasteiger partial charge in [0, 0.05) is 48.3 Å². The van der Waals surface area contributed by atoms with Crippen LogP contribution in [-0.2, 0) is 42.8 Å². The molecule has 17 heteroatoms. The van der Waals surface area contributed by atoms with Crippen LogP contribution in [0.3, 0.4) is 0 Å². The van der Waals surface area contributed by atoms with E-state index < -0.39 is 29.6 Å². The molecule has 0 fully saturated rings. The number of methoxy groups -OCH3 is 1. The molecule has 1 N–H and O–H groups in total. The summed E-state index contributed by atoms with van der Waals surface area (Å²) in [4.78, 5) is 60.6. The number of anilines is 1. The Labute approximate surface area is 387 Å². The first kappa shape index (κ1) is 52.5. The zero-order chi connectivity index (χ0) is 47.7. The van der Waals surface area contributed by atoms with Gasteiger partial charge in [-0.2, -0.15) is 0 Å². The average molecular weight is 913 g/mol. The second-order valence-corrected chi connectivity index (χ2v) is 16.4. The van der Waals surface area contributed by atoms with Gasteiger partial charge in [0.05, 0.1) is 72.4 Å². The summed E-state index contributed by atoms with van der Waals surface area (Å²) in [5.41, 5.74) is 11.2. The molecule has 0 radical (unpaired) electrons. The van der Waals surface area contributed by atoms with Crippen LogP contribution in [-0.4, -0.2) is 120 Å². The van der Waals surface area contributed by atoms with Crippen LogP contribution in [0.1, 0.15) is 70.4 Å². The molecular weight excluding hydrogens is 849 g/mol. The minimum atomic E-state index is -0.817. The number of carbonyl (C=O) groups is 4. The molecule has 356 valence electrons. The molecule has 17 nitrogen and oxygen atoms in total. The number of nitrogens with one attached hydrogen (secondary N) is 1. The van der Waals surface area contributed by atoms with Gasteiger partial charge in [-0.15, -0.1) is 0 Å². The van der Waals surface area contributed by atoms with Crippen LogP contribution in [0, 0.1) is 6.92 Å². The number of Topliss-reactive ketones (excluding diaryl/α,β-unsaturated/α-hetero) is 1. The maximum Gasteiger partial charge on any atom is 0.416 e. The molecule has 1 heterocycles. The molecule has 0 aliphatic heterocycles. The molecule has 0 saturated carbocycles. The molecule has 0 bridgehead atoms. The first-order valence-electron chi connectivity index (χ1n) is 22.2. The summed E-state index contributed by atoms with van der Waals surface area (Å²) in [6.07, 6.45) is 1.39. The summed E-state index contributed by atoms with van der Waals surface area (Å²) >= 11 is 0. The lowest BCUT2D eigenvalue weighted by Gasteiger charge is -2.27. The molecule has 0 spiro atoms. The van der Waals surface area contributed by atoms with Crippen molar-refractivity contribution in [2.24, 2.45) is 5.11 Å². The molecule has 4 aromatic rings. The highest BCUT2D eigenvalue weighted by molar-refractivity contribution is 6.00. The summed E-state index contributed by atoms with van der Waals surface area (Å²) in [6.45, 7) is 13.0. The summed E-state index contributed by atoms with van der Waals surface area (Å²) in [5.74, 6) is -0.368. The third-order valence-electron chi connectivity index (χ3n) is 10.1. The van der Waals surface area contributed by atoms with Gasteiger partial charge in [0.2, 0.25) is 5.91 Å². The van der Waals surface area contributed by atoms with Crippen LogP contribution in [0.2, 0.25) is 0 Å². The number of aryl methyl sites for hydroxylation is 1. The summed E-state index contributed by atoms with van der Waals surface area (Å²) in [5, 5.41) is 8.13. The fourth-order valence-corrected chi connectivity index (χ4v) is 6.79. The van der Waals surface area contributed by atoms with Crippen molar-refractivity contribution < 1.29 is 52.3 Å². The number of azide groups is 1. The summed E-state index contributed by atoms with van der Waals surface area (Å²) in [6, 6.07) is 22.5. The van der Waals surface area contributed by atoms with Crippen molar-refractivity contribution in [2.75, 3.05) is 84.6 Å². The number of fused-ring (bicyclic) bond motifs is 1. The molecule has 0 saturated heterocycles. The minimum Gasteiger partial charge on any atom is -0.491 e. The SMILES string of the molecule is COC(=O)C[C@H](CC(=O)[C@H](C)NC(=O)CCCN(C(=O)OC(C)(C)C)c1cc(C)ccn1)c1ccc(-c2ccc(OCCOCCOCCOCCOCCN=[N+]=[N-])c3ccccc23)cc1. The highest BCUT2D eigenvalue weighted by Crippen LogP contribution is 2.36. The molecule has 4 rings (SSSR count). The average Bonchev–Trinajstić information content (AvgIpc) is 3.29. The summed E-state index contributed by atoms with van der Waals surface area (Å²) < 4.78 is 38.7. The molecule has 0 aliphatic carbocycles. The van der Waals surface area contributed by atoms with E-state index >= 15 is 0 Å². The van der Waals surface area contributed by atoms with Crippen LogP contribution < -0.4 is 15.0 Å². The Morgan fingerprint density at radius 1 is 0.818 bits per heavy atom. The van der Waals surface area contributed by atoms with E-state index in [2.05, 4.69) is 20.3 Å². The Morgan fingerprint density at radius 3 is 2.08 bits per heavy atom. The van der Waals surface area contributed by atoms with Crippen molar-refractivity contribution in [1.82, 2.24) is 10.3 Å². The molecule has 2 atom stereocenters. The molecule has 1 aromatic heterocycles. The van der Waals surface area contributed by atoms with Gasteiger partial charge in [0.1, 0.15) is 23.8 Å². The smallest absolute Gasteiger partial charge is 0.416 e. The second kappa shape index (κ2) is 28.1. The van der Waals surface area contributed by atoms with Gasteiger partial charge in [0.25, 0.3) is 0 Å². The fraction of sp³-hybridized carbons (Fsp3) is 0.490. The Morgan fingerprint density at radius 2 is 1.45 bits per heavy atom. The van der Waals surface area contributed by atoms with Crippen LogP contribution in [0.4, 0.5) is 10.6 Å². The number of ketones is 1. The van der Waals surface area contributed by atoms with Crippen molar-refractivity contribution in [3.63, 3.8) is 0 Å². The van der Waals surface area contributed by atoms with Gasteiger partial charge in [-0.05, 0) is 92.4 Å². The van der Waals surface area contributed by atoms with E-state index in [1.807, 2.05) is 73.7 Å². The van der Waals surface area contributed by atoms with Crippen LogP contribution in [0.15, 0.2) is 84.1 Å². The molecule has 0 unspecified atom stereocenters. The second-order valence-electron chi connectivity index (χ2n) is 16.4. The number of benzene rings is 3. The lowest BCUT2D eigenvalue weighted by atomic mass is 9.87. The maximum absolute atomic E-state index is 13.6. The van der Waals surface area contributed by atoms with Crippen LogP contribution in [0.5, 0.6) is 5.75 Å². The Balaban J connectivity index is 1.27. The number of ether oxygens (including phenoxy) is 7. The summed E-state index contributed by atoms with van der Waals surface area (Å²) in [7, 11) is 1.31. The first-order valence-corrected chi connectivity index (χ1v) is 22.2. The highest BCUT2D eigenvalue weighted by Gasteiger charge is 2.26. The quantitative estimate of drug-likeness (QED) is 0.0179. The van der Waals surface area contributed by atoms with Crippen molar-refractivity contribution in [3.05, 3.63) is 101 Å². The number of nitrogens with zero attached hydrogens (tertiary/aromatic N) is 5. The van der Waals surface area contributed by atoms with E-state index in [1.165, 1.54) is 12.0 Å². The van der Waals surface area contributed by atoms with Gasteiger partial charge in [-0.3, -0.25) is 19.3 Å². The number of aromatic nitrogens is 1. The van der Waals surface area contributed by atoms with Crippen molar-refractivity contribution in [1.29, 1.82) is 0 Å². The monoisotopic (exact) mass is 912 g/mol. The van der Waals surface area contributed by atoms with E-state index in [9.17, 15) is 19.2 Å². The van der Waals surface area contributed by atoms with Gasteiger partial charge in [0.15, 0.2) is 5.78 Å². The fourth-order valence-electron chi connectivity index (χ4n) is 6.79. The largest absolute Gasteiger partial charge is 0.491 e. The van der Waals surface area contributed by atoms with E-state index in [1.54, 1.807) is 40.0 Å². The molecule has 0 aliphatic rings. The number of hydrogen-bond donors (Lipinski definition) is 1. The molecule has 66 heavy (non-hydrogen) atoms. The topological polar surface area (TPSA) is 210 Å². The number of carbonyl (C=O) groups excluding carboxylic acids is 4. The predicted molar refractivity (Wildman–Crippen MR) is 251 cm³/mol. The number of rotatable bonds is 29. The lowest BCUT2D eigenvalue weighted by Crippen LogP contribution is -2.40. The minimum absolute atomic E-state index is 0.00208. The Hall–Kier alpha value is -6.10. The normalized spacial score (nSPS) is 12.2. The number of hydrogen-bond acceptors (Lipinski definition) is 13. The van der Waals surface area contributed by atoms with Gasteiger partial charge in [-0.25, -0.2) is 9.78 Å². The zero-order valence-corrected chi connectivity index (χ0v) is 39.0. The van der Waals surface area contributed by atoms with E-state index in [0.29, 0.717) is 78.2 Å². The lowest BCUT2D eigenvalue weighted by molar-refractivity contribution is -0.141. The van der Waals surface area contributed by atoms with Crippen LogP contribution in [0.25, 0.3) is 32.3 Å². The number of esters is 1. The molecular formula is C49H64N6O11. The Kier molecular flexibility index (Phi) is 22.3. The first-order chi connectivity index (χ1) is 31.8. The van der Waals surface area contributed by atoms with Crippen molar-refractivity contribution >= 4 is 40.3 Å². The Bertz CT molecular complexity index is 2210. The van der Waals surface area contributed by atoms with Gasteiger partial charge in [-0.1, -0.05) is 59.7 Å².